The average Bonchev–Trinajstić information content (AvgIpc) is 2.87. The van der Waals surface area contributed by atoms with E-state index < -0.39 is 39.4 Å². The molecule has 0 heterocycles. The zero-order chi connectivity index (χ0) is 27.9. The number of benzene rings is 3. The van der Waals surface area contributed by atoms with Crippen molar-refractivity contribution >= 4 is 33.5 Å². The molecule has 3 aromatic rings. The van der Waals surface area contributed by atoms with Gasteiger partial charge in [0.2, 0.25) is 15.9 Å². The standard InChI is InChI=1S/C28H31N3O6S/c1-28(2,3)31-38(35,36)23-16-14-22(15-17-23)29-26(33)24(18-19-8-6-5-7-9-19)30-25(32)20-10-12-21(13-11-20)27(34)37-4/h5-17,24,31H,18H2,1-4H3,(H,29,33)(H,30,32)/t24-/m0/s1. The number of methoxy groups -OCH3 is 1. The molecule has 0 aliphatic heterocycles. The molecule has 0 unspecified atom stereocenters. The van der Waals surface area contributed by atoms with Gasteiger partial charge in [-0.25, -0.2) is 17.9 Å². The summed E-state index contributed by atoms with van der Waals surface area (Å²) in [5, 5.41) is 5.50. The molecule has 3 N–H and O–H groups in total. The summed E-state index contributed by atoms with van der Waals surface area (Å²) in [5.74, 6) is -1.49. The van der Waals surface area contributed by atoms with Crippen LogP contribution in [0.15, 0.2) is 83.8 Å². The van der Waals surface area contributed by atoms with Crippen molar-refractivity contribution < 1.29 is 27.5 Å². The van der Waals surface area contributed by atoms with Crippen molar-refractivity contribution in [2.75, 3.05) is 12.4 Å². The van der Waals surface area contributed by atoms with Crippen LogP contribution in [-0.4, -0.2) is 44.9 Å². The number of carbonyl (C=O) groups is 3. The lowest BCUT2D eigenvalue weighted by Crippen LogP contribution is -2.45. The minimum Gasteiger partial charge on any atom is -0.465 e. The van der Waals surface area contributed by atoms with Crippen molar-refractivity contribution in [2.45, 2.75) is 43.7 Å². The Morgan fingerprint density at radius 2 is 1.42 bits per heavy atom. The topological polar surface area (TPSA) is 131 Å². The molecule has 3 rings (SSSR count). The predicted octanol–water partition coefficient (Wildman–Crippen LogP) is 3.53. The maximum Gasteiger partial charge on any atom is 0.337 e. The number of rotatable bonds is 9. The van der Waals surface area contributed by atoms with Crippen molar-refractivity contribution in [1.82, 2.24) is 10.0 Å². The minimum absolute atomic E-state index is 0.0648. The quantitative estimate of drug-likeness (QED) is 0.358. The van der Waals surface area contributed by atoms with E-state index in [9.17, 15) is 22.8 Å². The maximum atomic E-state index is 13.2. The summed E-state index contributed by atoms with van der Waals surface area (Å²) >= 11 is 0. The second kappa shape index (κ2) is 12.0. The van der Waals surface area contributed by atoms with Gasteiger partial charge in [0.15, 0.2) is 0 Å². The lowest BCUT2D eigenvalue weighted by molar-refractivity contribution is -0.118. The number of ether oxygens (including phenoxy) is 1. The molecule has 0 radical (unpaired) electrons. The van der Waals surface area contributed by atoms with Crippen LogP contribution in [0.1, 0.15) is 47.1 Å². The van der Waals surface area contributed by atoms with Crippen LogP contribution in [0.25, 0.3) is 0 Å². The Hall–Kier alpha value is -4.02. The van der Waals surface area contributed by atoms with E-state index in [-0.39, 0.29) is 16.9 Å². The Morgan fingerprint density at radius 3 is 1.97 bits per heavy atom. The first kappa shape index (κ1) is 28.5. The van der Waals surface area contributed by atoms with Gasteiger partial charge < -0.3 is 15.4 Å². The second-order valence-electron chi connectivity index (χ2n) is 9.65. The lowest BCUT2D eigenvalue weighted by Gasteiger charge is -2.21. The summed E-state index contributed by atoms with van der Waals surface area (Å²) in [6.07, 6.45) is 0.223. The van der Waals surface area contributed by atoms with Gasteiger partial charge in [-0.3, -0.25) is 9.59 Å². The fraction of sp³-hybridized carbons (Fsp3) is 0.250. The highest BCUT2D eigenvalue weighted by molar-refractivity contribution is 7.89. The van der Waals surface area contributed by atoms with Crippen LogP contribution in [0.5, 0.6) is 0 Å². The van der Waals surface area contributed by atoms with Gasteiger partial charge in [0, 0.05) is 23.2 Å². The SMILES string of the molecule is COC(=O)c1ccc(C(=O)N[C@@H](Cc2ccccc2)C(=O)Nc2ccc(S(=O)(=O)NC(C)(C)C)cc2)cc1. The fourth-order valence-electron chi connectivity index (χ4n) is 3.59. The third-order valence-corrected chi connectivity index (χ3v) is 7.12. The van der Waals surface area contributed by atoms with E-state index >= 15 is 0 Å². The van der Waals surface area contributed by atoms with Gasteiger partial charge in [-0.05, 0) is 74.9 Å². The number of hydrogen-bond acceptors (Lipinski definition) is 6. The number of hydrogen-bond donors (Lipinski definition) is 3. The van der Waals surface area contributed by atoms with E-state index in [1.54, 1.807) is 20.8 Å². The van der Waals surface area contributed by atoms with Crippen LogP contribution >= 0.6 is 0 Å². The molecule has 2 amide bonds. The smallest absolute Gasteiger partial charge is 0.337 e. The summed E-state index contributed by atoms with van der Waals surface area (Å²) in [5.41, 5.74) is 1.13. The number of esters is 1. The Kier molecular flexibility index (Phi) is 9.03. The van der Waals surface area contributed by atoms with E-state index in [0.29, 0.717) is 11.3 Å². The summed E-state index contributed by atoms with van der Waals surface area (Å²) < 4.78 is 32.4. The minimum atomic E-state index is -3.73. The summed E-state index contributed by atoms with van der Waals surface area (Å²) in [6, 6.07) is 19.9. The average molecular weight is 538 g/mol. The van der Waals surface area contributed by atoms with Gasteiger partial charge in [-0.15, -0.1) is 0 Å². The van der Waals surface area contributed by atoms with E-state index in [1.807, 2.05) is 30.3 Å². The van der Waals surface area contributed by atoms with Crippen molar-refractivity contribution in [2.24, 2.45) is 0 Å². The van der Waals surface area contributed by atoms with Crippen LogP contribution in [0, 0.1) is 0 Å². The van der Waals surface area contributed by atoms with E-state index in [0.717, 1.165) is 5.56 Å². The molecule has 0 saturated carbocycles. The molecular weight excluding hydrogens is 506 g/mol. The molecule has 3 aromatic carbocycles. The summed E-state index contributed by atoms with van der Waals surface area (Å²) in [6.45, 7) is 5.23. The van der Waals surface area contributed by atoms with Crippen molar-refractivity contribution in [3.8, 4) is 0 Å². The largest absolute Gasteiger partial charge is 0.465 e. The molecule has 0 aromatic heterocycles. The van der Waals surface area contributed by atoms with E-state index in [4.69, 9.17) is 0 Å². The fourth-order valence-corrected chi connectivity index (χ4v) is 5.00. The first-order chi connectivity index (χ1) is 17.9. The van der Waals surface area contributed by atoms with Crippen LogP contribution < -0.4 is 15.4 Å². The molecule has 0 aliphatic rings. The van der Waals surface area contributed by atoms with Gasteiger partial charge in [0.25, 0.3) is 5.91 Å². The van der Waals surface area contributed by atoms with E-state index in [1.165, 1.54) is 55.6 Å². The zero-order valence-electron chi connectivity index (χ0n) is 21.6. The van der Waals surface area contributed by atoms with Crippen molar-refractivity contribution in [1.29, 1.82) is 0 Å². The molecule has 0 aliphatic carbocycles. The highest BCUT2D eigenvalue weighted by atomic mass is 32.2. The first-order valence-electron chi connectivity index (χ1n) is 11.9. The van der Waals surface area contributed by atoms with Crippen LogP contribution in [0.2, 0.25) is 0 Å². The molecule has 0 bridgehead atoms. The summed E-state index contributed by atoms with van der Waals surface area (Å²) in [4.78, 5) is 37.9. The molecule has 10 heteroatoms. The molecule has 0 saturated heterocycles. The zero-order valence-corrected chi connectivity index (χ0v) is 22.5. The van der Waals surface area contributed by atoms with Crippen LogP contribution in [0.3, 0.4) is 0 Å². The molecule has 38 heavy (non-hydrogen) atoms. The third-order valence-electron chi connectivity index (χ3n) is 5.35. The first-order valence-corrected chi connectivity index (χ1v) is 13.3. The molecular formula is C28H31N3O6S. The highest BCUT2D eigenvalue weighted by Crippen LogP contribution is 2.17. The molecule has 9 nitrogen and oxygen atoms in total. The van der Waals surface area contributed by atoms with Crippen molar-refractivity contribution in [3.05, 3.63) is 95.6 Å². The van der Waals surface area contributed by atoms with Gasteiger partial charge >= 0.3 is 5.97 Å². The van der Waals surface area contributed by atoms with E-state index in [2.05, 4.69) is 20.1 Å². The van der Waals surface area contributed by atoms with Crippen molar-refractivity contribution in [3.63, 3.8) is 0 Å². The Labute approximate surface area is 222 Å². The van der Waals surface area contributed by atoms with Crippen LogP contribution in [-0.2, 0) is 26.0 Å². The predicted molar refractivity (Wildman–Crippen MR) is 144 cm³/mol. The maximum absolute atomic E-state index is 13.2. The Morgan fingerprint density at radius 1 is 0.842 bits per heavy atom. The summed E-state index contributed by atoms with van der Waals surface area (Å²) in [7, 11) is -2.46. The normalized spacial score (nSPS) is 12.3. The number of sulfonamides is 1. The number of amides is 2. The number of nitrogens with one attached hydrogen (secondary N) is 3. The Bertz CT molecular complexity index is 1380. The third kappa shape index (κ3) is 7.99. The van der Waals surface area contributed by atoms with Crippen LogP contribution in [0.4, 0.5) is 5.69 Å². The van der Waals surface area contributed by atoms with Gasteiger partial charge in [-0.2, -0.15) is 0 Å². The number of carbonyl (C=O) groups excluding carboxylic acids is 3. The lowest BCUT2D eigenvalue weighted by atomic mass is 10.0. The number of anilines is 1. The molecule has 1 atom stereocenters. The van der Waals surface area contributed by atoms with Gasteiger partial charge in [-0.1, -0.05) is 30.3 Å². The molecule has 0 fully saturated rings. The highest BCUT2D eigenvalue weighted by Gasteiger charge is 2.24. The van der Waals surface area contributed by atoms with Gasteiger partial charge in [0.1, 0.15) is 6.04 Å². The second-order valence-corrected chi connectivity index (χ2v) is 11.3. The molecule has 0 spiro atoms. The monoisotopic (exact) mass is 537 g/mol. The Balaban J connectivity index is 1.77. The molecule has 200 valence electrons. The van der Waals surface area contributed by atoms with Gasteiger partial charge in [0.05, 0.1) is 17.6 Å².